The van der Waals surface area contributed by atoms with Crippen LogP contribution in [0.4, 0.5) is 5.69 Å². The maximum atomic E-state index is 12.7. The quantitative estimate of drug-likeness (QED) is 0.625. The molecule has 0 radical (unpaired) electrons. The predicted octanol–water partition coefficient (Wildman–Crippen LogP) is 2.42. The molecule has 0 aliphatic carbocycles. The van der Waals surface area contributed by atoms with E-state index in [0.29, 0.717) is 23.3 Å². The van der Waals surface area contributed by atoms with Crippen LogP contribution in [-0.4, -0.2) is 19.4 Å². The first-order valence-corrected chi connectivity index (χ1v) is 9.30. The SMILES string of the molecule is CC(C)NCc1ccccc1NS(=O)(=O)c1ccc2oc(=O)[nH]c2c1. The summed E-state index contributed by atoms with van der Waals surface area (Å²) in [6.45, 7) is 4.59. The molecule has 8 heteroatoms. The molecule has 3 N–H and O–H groups in total. The van der Waals surface area contributed by atoms with Crippen molar-refractivity contribution < 1.29 is 12.8 Å². The van der Waals surface area contributed by atoms with Crippen LogP contribution >= 0.6 is 0 Å². The fraction of sp³-hybridized carbons (Fsp3) is 0.235. The second kappa shape index (κ2) is 6.73. The summed E-state index contributed by atoms with van der Waals surface area (Å²) in [5.74, 6) is -0.623. The van der Waals surface area contributed by atoms with Gasteiger partial charge in [-0.2, -0.15) is 0 Å². The number of oxazole rings is 1. The van der Waals surface area contributed by atoms with Crippen LogP contribution < -0.4 is 15.8 Å². The summed E-state index contributed by atoms with van der Waals surface area (Å²) in [6, 6.07) is 11.7. The third-order valence-electron chi connectivity index (χ3n) is 3.66. The van der Waals surface area contributed by atoms with E-state index in [9.17, 15) is 13.2 Å². The summed E-state index contributed by atoms with van der Waals surface area (Å²) < 4.78 is 32.9. The highest BCUT2D eigenvalue weighted by atomic mass is 32.2. The molecule has 132 valence electrons. The lowest BCUT2D eigenvalue weighted by Crippen LogP contribution is -2.23. The van der Waals surface area contributed by atoms with Crippen molar-refractivity contribution in [3.8, 4) is 0 Å². The van der Waals surface area contributed by atoms with Gasteiger partial charge in [0.05, 0.1) is 16.1 Å². The number of aromatic nitrogens is 1. The molecule has 2 aromatic carbocycles. The first-order valence-electron chi connectivity index (χ1n) is 7.82. The van der Waals surface area contributed by atoms with Crippen molar-refractivity contribution in [1.82, 2.24) is 10.3 Å². The van der Waals surface area contributed by atoms with Crippen molar-refractivity contribution in [2.24, 2.45) is 0 Å². The molecular weight excluding hydrogens is 342 g/mol. The normalized spacial score (nSPS) is 12.0. The third kappa shape index (κ3) is 3.92. The molecule has 0 aliphatic rings. The molecule has 3 aromatic rings. The van der Waals surface area contributed by atoms with Crippen molar-refractivity contribution >= 4 is 26.8 Å². The first kappa shape index (κ1) is 17.2. The average molecular weight is 361 g/mol. The number of aromatic amines is 1. The number of rotatable bonds is 6. The van der Waals surface area contributed by atoms with Gasteiger partial charge in [0.15, 0.2) is 5.58 Å². The van der Waals surface area contributed by atoms with Crippen LogP contribution in [-0.2, 0) is 16.6 Å². The minimum absolute atomic E-state index is 0.0451. The van der Waals surface area contributed by atoms with Crippen LogP contribution in [0, 0.1) is 0 Å². The van der Waals surface area contributed by atoms with Gasteiger partial charge in [-0.25, -0.2) is 13.2 Å². The molecule has 1 heterocycles. The molecular formula is C17H19N3O4S. The number of H-pyrrole nitrogens is 1. The summed E-state index contributed by atoms with van der Waals surface area (Å²) in [5.41, 5.74) is 2.00. The van der Waals surface area contributed by atoms with Gasteiger partial charge in [0, 0.05) is 12.6 Å². The lowest BCUT2D eigenvalue weighted by atomic mass is 10.2. The zero-order valence-electron chi connectivity index (χ0n) is 13.9. The Kier molecular flexibility index (Phi) is 4.65. The Bertz CT molecular complexity index is 1050. The Morgan fingerprint density at radius 1 is 1.16 bits per heavy atom. The largest absolute Gasteiger partial charge is 0.417 e. The standard InChI is InChI=1S/C17H19N3O4S/c1-11(2)18-10-12-5-3-4-6-14(12)20-25(22,23)13-7-8-16-15(9-13)19-17(21)24-16/h3-9,11,18,20H,10H2,1-2H3,(H,19,21). The van der Waals surface area contributed by atoms with Crippen LogP contribution in [0.25, 0.3) is 11.1 Å². The zero-order chi connectivity index (χ0) is 18.0. The molecule has 0 aliphatic heterocycles. The second-order valence-corrected chi connectivity index (χ2v) is 7.65. The maximum absolute atomic E-state index is 12.7. The van der Waals surface area contributed by atoms with Crippen LogP contribution in [0.2, 0.25) is 0 Å². The number of sulfonamides is 1. The molecule has 3 rings (SSSR count). The van der Waals surface area contributed by atoms with Gasteiger partial charge in [-0.15, -0.1) is 0 Å². The summed E-state index contributed by atoms with van der Waals surface area (Å²) in [5, 5.41) is 3.27. The maximum Gasteiger partial charge on any atom is 0.417 e. The van der Waals surface area contributed by atoms with Crippen LogP contribution in [0.5, 0.6) is 0 Å². The number of hydrogen-bond acceptors (Lipinski definition) is 5. The summed E-state index contributed by atoms with van der Waals surface area (Å²) >= 11 is 0. The Morgan fingerprint density at radius 2 is 1.92 bits per heavy atom. The smallest absolute Gasteiger partial charge is 0.408 e. The fourth-order valence-electron chi connectivity index (χ4n) is 2.39. The minimum atomic E-state index is -3.80. The van der Waals surface area contributed by atoms with E-state index in [-0.39, 0.29) is 10.9 Å². The van der Waals surface area contributed by atoms with E-state index in [0.717, 1.165) is 5.56 Å². The summed E-state index contributed by atoms with van der Waals surface area (Å²) in [7, 11) is -3.80. The van der Waals surface area contributed by atoms with E-state index >= 15 is 0 Å². The molecule has 0 amide bonds. The lowest BCUT2D eigenvalue weighted by molar-refractivity contribution is 0.555. The van der Waals surface area contributed by atoms with Crippen LogP contribution in [0.3, 0.4) is 0 Å². The van der Waals surface area contributed by atoms with Crippen molar-refractivity contribution in [1.29, 1.82) is 0 Å². The number of hydrogen-bond donors (Lipinski definition) is 3. The van der Waals surface area contributed by atoms with Crippen molar-refractivity contribution in [3.05, 3.63) is 58.6 Å². The molecule has 0 saturated heterocycles. The molecule has 0 bridgehead atoms. The fourth-order valence-corrected chi connectivity index (χ4v) is 3.52. The monoisotopic (exact) mass is 361 g/mol. The van der Waals surface area contributed by atoms with Crippen LogP contribution in [0.1, 0.15) is 19.4 Å². The molecule has 7 nitrogen and oxygen atoms in total. The second-order valence-electron chi connectivity index (χ2n) is 5.97. The highest BCUT2D eigenvalue weighted by Crippen LogP contribution is 2.22. The summed E-state index contributed by atoms with van der Waals surface area (Å²) in [6.07, 6.45) is 0. The molecule has 0 fully saturated rings. The highest BCUT2D eigenvalue weighted by Gasteiger charge is 2.17. The topological polar surface area (TPSA) is 104 Å². The van der Waals surface area contributed by atoms with Crippen molar-refractivity contribution in [2.45, 2.75) is 31.3 Å². The third-order valence-corrected chi connectivity index (χ3v) is 5.03. The van der Waals surface area contributed by atoms with E-state index in [4.69, 9.17) is 4.42 Å². The lowest BCUT2D eigenvalue weighted by Gasteiger charge is -2.14. The van der Waals surface area contributed by atoms with Gasteiger partial charge in [-0.1, -0.05) is 32.0 Å². The Morgan fingerprint density at radius 3 is 2.68 bits per heavy atom. The number of anilines is 1. The van der Waals surface area contributed by atoms with Crippen molar-refractivity contribution in [2.75, 3.05) is 4.72 Å². The van der Waals surface area contributed by atoms with Gasteiger partial charge in [0.25, 0.3) is 10.0 Å². The Balaban J connectivity index is 1.91. The average Bonchev–Trinajstić information content (AvgIpc) is 2.92. The molecule has 0 unspecified atom stereocenters. The number of nitrogens with one attached hydrogen (secondary N) is 3. The van der Waals surface area contributed by atoms with E-state index in [2.05, 4.69) is 15.0 Å². The Labute approximate surface area is 145 Å². The highest BCUT2D eigenvalue weighted by molar-refractivity contribution is 7.92. The predicted molar refractivity (Wildman–Crippen MR) is 96.1 cm³/mol. The molecule has 0 saturated carbocycles. The zero-order valence-corrected chi connectivity index (χ0v) is 14.7. The van der Waals surface area contributed by atoms with Gasteiger partial charge in [0.1, 0.15) is 0 Å². The molecule has 25 heavy (non-hydrogen) atoms. The van der Waals surface area contributed by atoms with E-state index < -0.39 is 15.8 Å². The van der Waals surface area contributed by atoms with Gasteiger partial charge in [-0.3, -0.25) is 9.71 Å². The van der Waals surface area contributed by atoms with Crippen LogP contribution in [0.15, 0.2) is 56.6 Å². The van der Waals surface area contributed by atoms with Gasteiger partial charge in [-0.05, 0) is 29.8 Å². The minimum Gasteiger partial charge on any atom is -0.408 e. The van der Waals surface area contributed by atoms with Gasteiger partial charge < -0.3 is 9.73 Å². The number of fused-ring (bicyclic) bond motifs is 1. The first-order chi connectivity index (χ1) is 11.8. The Hall–Kier alpha value is -2.58. The number of benzene rings is 2. The molecule has 0 spiro atoms. The molecule has 1 aromatic heterocycles. The van der Waals surface area contributed by atoms with E-state index in [1.807, 2.05) is 26.0 Å². The van der Waals surface area contributed by atoms with Gasteiger partial charge in [0.2, 0.25) is 0 Å². The molecule has 0 atom stereocenters. The van der Waals surface area contributed by atoms with E-state index in [1.165, 1.54) is 18.2 Å². The van der Waals surface area contributed by atoms with Gasteiger partial charge >= 0.3 is 5.76 Å². The van der Waals surface area contributed by atoms with E-state index in [1.54, 1.807) is 12.1 Å². The van der Waals surface area contributed by atoms with Crippen molar-refractivity contribution in [3.63, 3.8) is 0 Å². The summed E-state index contributed by atoms with van der Waals surface area (Å²) in [4.78, 5) is 13.7. The number of para-hydroxylation sites is 1.